The Balaban J connectivity index is 1.91. The molecule has 2 rings (SSSR count). The number of ether oxygens (including phenoxy) is 1. The van der Waals surface area contributed by atoms with Crippen molar-refractivity contribution in [3.8, 4) is 0 Å². The number of piperidine rings is 1. The predicted molar refractivity (Wildman–Crippen MR) is 54.2 cm³/mol. The van der Waals surface area contributed by atoms with E-state index in [9.17, 15) is 4.79 Å². The third-order valence-electron chi connectivity index (χ3n) is 3.24. The lowest BCUT2D eigenvalue weighted by molar-refractivity contribution is -0.122. The molecule has 1 N–H and O–H groups in total. The smallest absolute Gasteiger partial charge is 0.136 e. The van der Waals surface area contributed by atoms with Gasteiger partial charge in [0.05, 0.1) is 6.61 Å². The molecule has 3 atom stereocenters. The van der Waals surface area contributed by atoms with Gasteiger partial charge in [0.2, 0.25) is 0 Å². The van der Waals surface area contributed by atoms with Crippen LogP contribution in [0.1, 0.15) is 32.6 Å². The molecule has 80 valence electrons. The van der Waals surface area contributed by atoms with Crippen LogP contribution in [0.5, 0.6) is 0 Å². The molecule has 3 unspecified atom stereocenters. The minimum atomic E-state index is 0.350. The van der Waals surface area contributed by atoms with Crippen LogP contribution in [0.3, 0.4) is 0 Å². The van der Waals surface area contributed by atoms with E-state index < -0.39 is 0 Å². The van der Waals surface area contributed by atoms with Gasteiger partial charge in [-0.3, -0.25) is 4.79 Å². The first-order valence-corrected chi connectivity index (χ1v) is 5.61. The molecule has 2 aliphatic heterocycles. The minimum absolute atomic E-state index is 0.350. The summed E-state index contributed by atoms with van der Waals surface area (Å²) >= 11 is 0. The molecular formula is C11H19NO2. The minimum Gasteiger partial charge on any atom is -0.381 e. The number of nitrogens with one attached hydrogen (secondary N) is 1. The van der Waals surface area contributed by atoms with Crippen molar-refractivity contribution < 1.29 is 9.53 Å². The zero-order chi connectivity index (χ0) is 9.97. The van der Waals surface area contributed by atoms with E-state index >= 15 is 0 Å². The van der Waals surface area contributed by atoms with E-state index in [1.54, 1.807) is 0 Å². The van der Waals surface area contributed by atoms with Crippen molar-refractivity contribution in [2.45, 2.75) is 44.7 Å². The first-order chi connectivity index (χ1) is 6.75. The van der Waals surface area contributed by atoms with Crippen LogP contribution in [-0.4, -0.2) is 31.1 Å². The van der Waals surface area contributed by atoms with Gasteiger partial charge in [-0.1, -0.05) is 0 Å². The van der Waals surface area contributed by atoms with Gasteiger partial charge in [-0.05, 0) is 25.7 Å². The standard InChI is InChI=1S/C11H19NO2/c1-8-5-10(13)6-11(12-8)9-3-2-4-14-7-9/h8-9,11-12H,2-7H2,1H3. The van der Waals surface area contributed by atoms with Gasteiger partial charge in [-0.15, -0.1) is 0 Å². The Morgan fingerprint density at radius 1 is 1.43 bits per heavy atom. The Morgan fingerprint density at radius 3 is 2.93 bits per heavy atom. The van der Waals surface area contributed by atoms with Crippen LogP contribution in [0, 0.1) is 5.92 Å². The van der Waals surface area contributed by atoms with Crippen LogP contribution < -0.4 is 5.32 Å². The van der Waals surface area contributed by atoms with Crippen LogP contribution >= 0.6 is 0 Å². The maximum Gasteiger partial charge on any atom is 0.136 e. The molecule has 0 aliphatic carbocycles. The highest BCUT2D eigenvalue weighted by molar-refractivity contribution is 5.80. The lowest BCUT2D eigenvalue weighted by Gasteiger charge is -2.35. The highest BCUT2D eigenvalue weighted by atomic mass is 16.5. The lowest BCUT2D eigenvalue weighted by Crippen LogP contribution is -2.50. The summed E-state index contributed by atoms with van der Waals surface area (Å²) in [7, 11) is 0. The Morgan fingerprint density at radius 2 is 2.29 bits per heavy atom. The fraction of sp³-hybridized carbons (Fsp3) is 0.909. The zero-order valence-corrected chi connectivity index (χ0v) is 8.79. The quantitative estimate of drug-likeness (QED) is 0.684. The predicted octanol–water partition coefficient (Wildman–Crippen LogP) is 1.12. The third kappa shape index (κ3) is 2.34. The first-order valence-electron chi connectivity index (χ1n) is 5.61. The van der Waals surface area contributed by atoms with Crippen molar-refractivity contribution in [2.24, 2.45) is 5.92 Å². The van der Waals surface area contributed by atoms with Crippen LogP contribution in [0.25, 0.3) is 0 Å². The molecule has 0 aromatic rings. The molecule has 0 amide bonds. The summed E-state index contributed by atoms with van der Waals surface area (Å²) in [6.45, 7) is 3.82. The van der Waals surface area contributed by atoms with Crippen molar-refractivity contribution in [2.75, 3.05) is 13.2 Å². The maximum absolute atomic E-state index is 11.4. The molecule has 3 heteroatoms. The molecule has 2 saturated heterocycles. The van der Waals surface area contributed by atoms with Crippen molar-refractivity contribution in [3.05, 3.63) is 0 Å². The van der Waals surface area contributed by atoms with Crippen LogP contribution in [0.2, 0.25) is 0 Å². The highest BCUT2D eigenvalue weighted by Gasteiger charge is 2.30. The molecule has 0 spiro atoms. The van der Waals surface area contributed by atoms with E-state index in [-0.39, 0.29) is 0 Å². The van der Waals surface area contributed by atoms with E-state index in [1.165, 1.54) is 6.42 Å². The number of hydrogen-bond donors (Lipinski definition) is 1. The van der Waals surface area contributed by atoms with Gasteiger partial charge < -0.3 is 10.1 Å². The normalized spacial score (nSPS) is 39.8. The van der Waals surface area contributed by atoms with Gasteiger partial charge in [-0.25, -0.2) is 0 Å². The topological polar surface area (TPSA) is 38.3 Å². The molecule has 2 aliphatic rings. The molecule has 0 radical (unpaired) electrons. The summed E-state index contributed by atoms with van der Waals surface area (Å²) in [6.07, 6.45) is 3.76. The molecule has 0 bridgehead atoms. The number of rotatable bonds is 1. The van der Waals surface area contributed by atoms with E-state index in [0.29, 0.717) is 36.6 Å². The fourth-order valence-electron chi connectivity index (χ4n) is 2.54. The summed E-state index contributed by atoms with van der Waals surface area (Å²) in [5.41, 5.74) is 0. The highest BCUT2D eigenvalue weighted by Crippen LogP contribution is 2.23. The summed E-state index contributed by atoms with van der Waals surface area (Å²) in [5.74, 6) is 0.960. The van der Waals surface area contributed by atoms with Gasteiger partial charge >= 0.3 is 0 Å². The Bertz CT molecular complexity index is 211. The van der Waals surface area contributed by atoms with Gasteiger partial charge in [0.15, 0.2) is 0 Å². The molecule has 3 nitrogen and oxygen atoms in total. The van der Waals surface area contributed by atoms with Crippen molar-refractivity contribution in [1.82, 2.24) is 5.32 Å². The number of Topliss-reactive ketones (excluding diaryl/α,β-unsaturated/α-hetero) is 1. The van der Waals surface area contributed by atoms with E-state index in [1.807, 2.05) is 0 Å². The SMILES string of the molecule is CC1CC(=O)CC(C2CCCOC2)N1. The summed E-state index contributed by atoms with van der Waals surface area (Å²) in [6, 6.07) is 0.717. The van der Waals surface area contributed by atoms with Crippen LogP contribution in [-0.2, 0) is 9.53 Å². The van der Waals surface area contributed by atoms with E-state index in [0.717, 1.165) is 19.6 Å². The monoisotopic (exact) mass is 197 g/mol. The van der Waals surface area contributed by atoms with Gasteiger partial charge in [0.1, 0.15) is 5.78 Å². The van der Waals surface area contributed by atoms with Gasteiger partial charge in [0, 0.05) is 31.5 Å². The summed E-state index contributed by atoms with van der Waals surface area (Å²) in [4.78, 5) is 11.4. The largest absolute Gasteiger partial charge is 0.381 e. The van der Waals surface area contributed by atoms with Crippen molar-refractivity contribution >= 4 is 5.78 Å². The van der Waals surface area contributed by atoms with Gasteiger partial charge in [-0.2, -0.15) is 0 Å². The second-order valence-corrected chi connectivity index (χ2v) is 4.60. The number of hydrogen-bond acceptors (Lipinski definition) is 3. The number of carbonyl (C=O) groups excluding carboxylic acids is 1. The Hall–Kier alpha value is -0.410. The van der Waals surface area contributed by atoms with Crippen LogP contribution in [0.15, 0.2) is 0 Å². The van der Waals surface area contributed by atoms with Crippen molar-refractivity contribution in [3.63, 3.8) is 0 Å². The first kappa shape index (κ1) is 10.1. The Labute approximate surface area is 85.2 Å². The van der Waals surface area contributed by atoms with E-state index in [4.69, 9.17) is 4.74 Å². The summed E-state index contributed by atoms with van der Waals surface area (Å²) < 4.78 is 5.45. The third-order valence-corrected chi connectivity index (χ3v) is 3.24. The molecule has 2 heterocycles. The molecule has 0 aromatic carbocycles. The average Bonchev–Trinajstić information content (AvgIpc) is 2.18. The second kappa shape index (κ2) is 4.41. The average molecular weight is 197 g/mol. The Kier molecular flexibility index (Phi) is 3.19. The fourth-order valence-corrected chi connectivity index (χ4v) is 2.54. The molecule has 0 saturated carbocycles. The van der Waals surface area contributed by atoms with E-state index in [2.05, 4.69) is 12.2 Å². The number of ketones is 1. The second-order valence-electron chi connectivity index (χ2n) is 4.60. The van der Waals surface area contributed by atoms with Crippen molar-refractivity contribution in [1.29, 1.82) is 0 Å². The molecule has 14 heavy (non-hydrogen) atoms. The number of carbonyl (C=O) groups is 1. The summed E-state index contributed by atoms with van der Waals surface area (Å²) in [5, 5.41) is 3.52. The van der Waals surface area contributed by atoms with Gasteiger partial charge in [0.25, 0.3) is 0 Å². The molecule has 2 fully saturated rings. The lowest BCUT2D eigenvalue weighted by atomic mass is 9.86. The van der Waals surface area contributed by atoms with Crippen LogP contribution in [0.4, 0.5) is 0 Å². The zero-order valence-electron chi connectivity index (χ0n) is 8.79. The molecule has 0 aromatic heterocycles. The molecular weight excluding hydrogens is 178 g/mol. The maximum atomic E-state index is 11.4.